The lowest BCUT2D eigenvalue weighted by atomic mass is 10.0. The SMILES string of the molecule is CC(C)c1ccccc1OCC(=O)N=Nc1c(O)[nH]c2ccc(Br)cc12. The lowest BCUT2D eigenvalue weighted by Crippen LogP contribution is -2.09. The van der Waals surface area contributed by atoms with Crippen LogP contribution in [-0.4, -0.2) is 22.6 Å². The van der Waals surface area contributed by atoms with E-state index in [-0.39, 0.29) is 24.1 Å². The van der Waals surface area contributed by atoms with Gasteiger partial charge in [-0.1, -0.05) is 48.0 Å². The monoisotopic (exact) mass is 415 g/mol. The van der Waals surface area contributed by atoms with Gasteiger partial charge in [0.05, 0.1) is 5.52 Å². The number of fused-ring (bicyclic) bond motifs is 1. The summed E-state index contributed by atoms with van der Waals surface area (Å²) in [6, 6.07) is 13.0. The summed E-state index contributed by atoms with van der Waals surface area (Å²) in [6.07, 6.45) is 0. The molecule has 1 heterocycles. The molecule has 3 aromatic rings. The summed E-state index contributed by atoms with van der Waals surface area (Å²) in [7, 11) is 0. The van der Waals surface area contributed by atoms with E-state index in [1.165, 1.54) is 0 Å². The van der Waals surface area contributed by atoms with Gasteiger partial charge in [-0.15, -0.1) is 10.2 Å². The van der Waals surface area contributed by atoms with Crippen LogP contribution in [0, 0.1) is 0 Å². The van der Waals surface area contributed by atoms with Crippen LogP contribution in [0.1, 0.15) is 25.3 Å². The molecule has 1 amide bonds. The summed E-state index contributed by atoms with van der Waals surface area (Å²) in [6.45, 7) is 3.89. The Morgan fingerprint density at radius 1 is 1.27 bits per heavy atom. The molecule has 0 aliphatic heterocycles. The van der Waals surface area contributed by atoms with Gasteiger partial charge in [0, 0.05) is 9.86 Å². The Labute approximate surface area is 159 Å². The zero-order chi connectivity index (χ0) is 18.7. The fourth-order valence-electron chi connectivity index (χ4n) is 2.60. The number of rotatable bonds is 5. The van der Waals surface area contributed by atoms with Crippen LogP contribution in [0.5, 0.6) is 11.6 Å². The van der Waals surface area contributed by atoms with Crippen molar-refractivity contribution in [1.29, 1.82) is 0 Å². The number of para-hydroxylation sites is 1. The van der Waals surface area contributed by atoms with Gasteiger partial charge in [-0.2, -0.15) is 0 Å². The first-order valence-corrected chi connectivity index (χ1v) is 8.91. The number of carbonyl (C=O) groups excluding carboxylic acids is 1. The van der Waals surface area contributed by atoms with Gasteiger partial charge in [0.15, 0.2) is 12.3 Å². The second-order valence-electron chi connectivity index (χ2n) is 6.09. The third kappa shape index (κ3) is 3.94. The van der Waals surface area contributed by atoms with E-state index in [1.54, 1.807) is 12.1 Å². The highest BCUT2D eigenvalue weighted by molar-refractivity contribution is 9.10. The molecule has 3 rings (SSSR count). The predicted molar refractivity (Wildman–Crippen MR) is 103 cm³/mol. The molecule has 2 aromatic carbocycles. The summed E-state index contributed by atoms with van der Waals surface area (Å²) >= 11 is 3.37. The molecule has 6 nitrogen and oxygen atoms in total. The molecule has 0 unspecified atom stereocenters. The second-order valence-corrected chi connectivity index (χ2v) is 7.00. The molecule has 0 aliphatic rings. The molecule has 0 radical (unpaired) electrons. The Morgan fingerprint density at radius 3 is 2.81 bits per heavy atom. The van der Waals surface area contributed by atoms with Crippen molar-refractivity contribution in [2.24, 2.45) is 10.2 Å². The lowest BCUT2D eigenvalue weighted by Gasteiger charge is -2.12. The first kappa shape index (κ1) is 18.1. The number of aromatic nitrogens is 1. The number of aromatic hydroxyl groups is 1. The number of aromatic amines is 1. The Bertz CT molecular complexity index is 979. The summed E-state index contributed by atoms with van der Waals surface area (Å²) in [5, 5.41) is 18.2. The van der Waals surface area contributed by atoms with Crippen molar-refractivity contribution in [3.8, 4) is 11.6 Å². The van der Waals surface area contributed by atoms with Gasteiger partial charge in [0.25, 0.3) is 0 Å². The quantitative estimate of drug-likeness (QED) is 0.543. The highest BCUT2D eigenvalue weighted by Gasteiger charge is 2.12. The Hall–Kier alpha value is -2.67. The van der Waals surface area contributed by atoms with Crippen molar-refractivity contribution in [2.45, 2.75) is 19.8 Å². The summed E-state index contributed by atoms with van der Waals surface area (Å²) in [5.41, 5.74) is 1.95. The van der Waals surface area contributed by atoms with Gasteiger partial charge in [-0.05, 0) is 35.7 Å². The smallest absolute Gasteiger partial charge is 0.302 e. The van der Waals surface area contributed by atoms with E-state index in [1.807, 2.05) is 30.3 Å². The van der Waals surface area contributed by atoms with Crippen molar-refractivity contribution < 1.29 is 14.6 Å². The molecule has 0 atom stereocenters. The molecule has 0 fully saturated rings. The van der Waals surface area contributed by atoms with Crippen LogP contribution in [-0.2, 0) is 4.79 Å². The Kier molecular flexibility index (Phi) is 5.37. The van der Waals surface area contributed by atoms with Crippen LogP contribution in [0.4, 0.5) is 5.69 Å². The van der Waals surface area contributed by atoms with Gasteiger partial charge in [0.2, 0.25) is 5.88 Å². The first-order valence-electron chi connectivity index (χ1n) is 8.12. The second kappa shape index (κ2) is 7.70. The average molecular weight is 416 g/mol. The molecule has 134 valence electrons. The number of benzene rings is 2. The molecular formula is C19H18BrN3O3. The van der Waals surface area contributed by atoms with Gasteiger partial charge in [-0.25, -0.2) is 0 Å². The number of nitrogens with zero attached hydrogens (tertiary/aromatic N) is 2. The highest BCUT2D eigenvalue weighted by Crippen LogP contribution is 2.36. The molecule has 1 aromatic heterocycles. The van der Waals surface area contributed by atoms with Gasteiger partial charge >= 0.3 is 5.91 Å². The number of hydrogen-bond acceptors (Lipinski definition) is 4. The highest BCUT2D eigenvalue weighted by atomic mass is 79.9. The summed E-state index contributed by atoms with van der Waals surface area (Å²) in [5.74, 6) is 0.266. The molecule has 0 saturated heterocycles. The van der Waals surface area contributed by atoms with Crippen molar-refractivity contribution in [3.05, 3.63) is 52.5 Å². The van der Waals surface area contributed by atoms with Crippen molar-refractivity contribution >= 4 is 38.4 Å². The van der Waals surface area contributed by atoms with E-state index in [0.29, 0.717) is 16.7 Å². The van der Waals surface area contributed by atoms with Crippen LogP contribution in [0.3, 0.4) is 0 Å². The number of carbonyl (C=O) groups is 1. The largest absolute Gasteiger partial charge is 0.493 e. The van der Waals surface area contributed by atoms with Gasteiger partial charge < -0.3 is 14.8 Å². The predicted octanol–water partition coefficient (Wildman–Crippen LogP) is 5.45. The third-order valence-electron chi connectivity index (χ3n) is 3.87. The fourth-order valence-corrected chi connectivity index (χ4v) is 2.96. The van der Waals surface area contributed by atoms with Crippen molar-refractivity contribution in [3.63, 3.8) is 0 Å². The van der Waals surface area contributed by atoms with Crippen molar-refractivity contribution in [1.82, 2.24) is 4.98 Å². The zero-order valence-corrected chi connectivity index (χ0v) is 15.9. The number of H-pyrrole nitrogens is 1. The standard InChI is InChI=1S/C19H18BrN3O3/c1-11(2)13-5-3-4-6-16(13)26-10-17(24)22-23-18-14-9-12(20)7-8-15(14)21-19(18)25/h3-9,11,21,25H,10H2,1-2H3. The fraction of sp³-hybridized carbons (Fsp3) is 0.211. The number of nitrogens with one attached hydrogen (secondary N) is 1. The minimum absolute atomic E-state index is 0.138. The molecule has 0 bridgehead atoms. The number of hydrogen-bond donors (Lipinski definition) is 2. The molecule has 2 N–H and O–H groups in total. The maximum Gasteiger partial charge on any atom is 0.302 e. The van der Waals surface area contributed by atoms with E-state index >= 15 is 0 Å². The zero-order valence-electron chi connectivity index (χ0n) is 14.4. The minimum atomic E-state index is -0.535. The van der Waals surface area contributed by atoms with E-state index in [9.17, 15) is 9.90 Å². The van der Waals surface area contributed by atoms with Gasteiger partial charge in [0.1, 0.15) is 5.75 Å². The molecule has 26 heavy (non-hydrogen) atoms. The maximum atomic E-state index is 12.0. The Balaban J connectivity index is 1.73. The van der Waals surface area contributed by atoms with E-state index < -0.39 is 5.91 Å². The minimum Gasteiger partial charge on any atom is -0.493 e. The number of ether oxygens (including phenoxy) is 1. The number of azo groups is 1. The normalized spacial score (nSPS) is 11.5. The molecular weight excluding hydrogens is 398 g/mol. The maximum absolute atomic E-state index is 12.0. The topological polar surface area (TPSA) is 87.0 Å². The van der Waals surface area contributed by atoms with Crippen LogP contribution in [0.2, 0.25) is 0 Å². The van der Waals surface area contributed by atoms with Crippen molar-refractivity contribution in [2.75, 3.05) is 6.61 Å². The average Bonchev–Trinajstić information content (AvgIpc) is 2.92. The van der Waals surface area contributed by atoms with Crippen LogP contribution in [0.15, 0.2) is 57.2 Å². The lowest BCUT2D eigenvalue weighted by molar-refractivity contribution is -0.120. The van der Waals surface area contributed by atoms with Crippen LogP contribution in [0.25, 0.3) is 10.9 Å². The summed E-state index contributed by atoms with van der Waals surface area (Å²) < 4.78 is 6.42. The first-order chi connectivity index (χ1) is 12.5. The van der Waals surface area contributed by atoms with Gasteiger partial charge in [-0.3, -0.25) is 4.79 Å². The molecule has 0 saturated carbocycles. The number of amides is 1. The van der Waals surface area contributed by atoms with E-state index in [4.69, 9.17) is 4.74 Å². The van der Waals surface area contributed by atoms with E-state index in [0.717, 1.165) is 10.0 Å². The van der Waals surface area contributed by atoms with E-state index in [2.05, 4.69) is 45.0 Å². The molecule has 0 aliphatic carbocycles. The summed E-state index contributed by atoms with van der Waals surface area (Å²) in [4.78, 5) is 14.8. The molecule has 7 heteroatoms. The third-order valence-corrected chi connectivity index (χ3v) is 4.36. The van der Waals surface area contributed by atoms with Crippen LogP contribution < -0.4 is 4.74 Å². The number of halogens is 1. The Morgan fingerprint density at radius 2 is 2.04 bits per heavy atom. The molecule has 0 spiro atoms. The van der Waals surface area contributed by atoms with Crippen LogP contribution >= 0.6 is 15.9 Å².